The molecule has 1 amide bonds. The van der Waals surface area contributed by atoms with Crippen LogP contribution in [0.1, 0.15) is 41.5 Å². The molecule has 2 N–H and O–H groups in total. The van der Waals surface area contributed by atoms with Crippen molar-refractivity contribution in [3.63, 3.8) is 0 Å². The molecule has 0 spiro atoms. The Kier molecular flexibility index (Phi) is 5.89. The van der Waals surface area contributed by atoms with Crippen molar-refractivity contribution in [1.82, 2.24) is 4.98 Å². The van der Waals surface area contributed by atoms with Crippen molar-refractivity contribution in [2.24, 2.45) is 0 Å². The topological polar surface area (TPSA) is 80.3 Å². The second kappa shape index (κ2) is 8.10. The van der Waals surface area contributed by atoms with Crippen LogP contribution in [0.15, 0.2) is 42.7 Å². The lowest BCUT2D eigenvalue weighted by atomic mass is 10.2. The first-order chi connectivity index (χ1) is 11.5. The van der Waals surface area contributed by atoms with E-state index in [0.29, 0.717) is 23.4 Å². The minimum Gasteiger partial charge on any atom is -0.462 e. The summed E-state index contributed by atoms with van der Waals surface area (Å²) in [5.74, 6) is -0.647. The summed E-state index contributed by atoms with van der Waals surface area (Å²) in [4.78, 5) is 28.0. The standard InChI is InChI=1S/C18H21N3O3/c1-4-24-18(23)13-5-7-15(8-6-13)21-17(22)14-9-16(11-19-10-14)20-12(2)3/h5-12,20H,4H2,1-3H3,(H,21,22). The Labute approximate surface area is 141 Å². The van der Waals surface area contributed by atoms with Gasteiger partial charge in [-0.3, -0.25) is 9.78 Å². The quantitative estimate of drug-likeness (QED) is 0.796. The van der Waals surface area contributed by atoms with E-state index in [1.54, 1.807) is 43.5 Å². The number of amides is 1. The van der Waals surface area contributed by atoms with Crippen LogP contribution < -0.4 is 10.6 Å². The third kappa shape index (κ3) is 4.81. The first kappa shape index (κ1) is 17.5. The summed E-state index contributed by atoms with van der Waals surface area (Å²) in [7, 11) is 0. The van der Waals surface area contributed by atoms with Crippen LogP contribution in [-0.2, 0) is 4.74 Å². The van der Waals surface area contributed by atoms with E-state index in [1.807, 2.05) is 13.8 Å². The van der Waals surface area contributed by atoms with Crippen molar-refractivity contribution in [3.8, 4) is 0 Å². The number of nitrogens with one attached hydrogen (secondary N) is 2. The lowest BCUT2D eigenvalue weighted by Gasteiger charge is -2.11. The SMILES string of the molecule is CCOC(=O)c1ccc(NC(=O)c2cncc(NC(C)C)c2)cc1. The normalized spacial score (nSPS) is 10.3. The van der Waals surface area contributed by atoms with Gasteiger partial charge in [-0.2, -0.15) is 0 Å². The van der Waals surface area contributed by atoms with Crippen LogP contribution in [0.2, 0.25) is 0 Å². The van der Waals surface area contributed by atoms with E-state index in [0.717, 1.165) is 5.69 Å². The zero-order chi connectivity index (χ0) is 17.5. The third-order valence-corrected chi connectivity index (χ3v) is 3.11. The smallest absolute Gasteiger partial charge is 0.338 e. The fourth-order valence-corrected chi connectivity index (χ4v) is 2.08. The number of pyridine rings is 1. The Hall–Kier alpha value is -2.89. The molecular formula is C18H21N3O3. The van der Waals surface area contributed by atoms with E-state index in [9.17, 15) is 9.59 Å². The highest BCUT2D eigenvalue weighted by atomic mass is 16.5. The van der Waals surface area contributed by atoms with Crippen LogP contribution in [0.4, 0.5) is 11.4 Å². The van der Waals surface area contributed by atoms with Gasteiger partial charge >= 0.3 is 5.97 Å². The molecule has 0 atom stereocenters. The fraction of sp³-hybridized carbons (Fsp3) is 0.278. The third-order valence-electron chi connectivity index (χ3n) is 3.11. The number of rotatable bonds is 6. The van der Waals surface area contributed by atoms with Crippen molar-refractivity contribution in [3.05, 3.63) is 53.9 Å². The van der Waals surface area contributed by atoms with Crippen molar-refractivity contribution in [1.29, 1.82) is 0 Å². The van der Waals surface area contributed by atoms with E-state index in [4.69, 9.17) is 4.74 Å². The molecule has 0 aliphatic rings. The molecule has 1 aromatic carbocycles. The van der Waals surface area contributed by atoms with Gasteiger partial charge < -0.3 is 15.4 Å². The maximum absolute atomic E-state index is 12.3. The second-order valence-corrected chi connectivity index (χ2v) is 5.51. The highest BCUT2D eigenvalue weighted by Gasteiger charge is 2.10. The van der Waals surface area contributed by atoms with Crippen molar-refractivity contribution in [2.45, 2.75) is 26.8 Å². The van der Waals surface area contributed by atoms with Crippen LogP contribution in [0.3, 0.4) is 0 Å². The first-order valence-electron chi connectivity index (χ1n) is 7.79. The second-order valence-electron chi connectivity index (χ2n) is 5.51. The van der Waals surface area contributed by atoms with Crippen molar-refractivity contribution < 1.29 is 14.3 Å². The Morgan fingerprint density at radius 3 is 2.42 bits per heavy atom. The molecule has 0 saturated heterocycles. The number of hydrogen-bond donors (Lipinski definition) is 2. The first-order valence-corrected chi connectivity index (χ1v) is 7.79. The monoisotopic (exact) mass is 327 g/mol. The van der Waals surface area contributed by atoms with Gasteiger partial charge in [0.15, 0.2) is 0 Å². The number of aromatic nitrogens is 1. The number of carbonyl (C=O) groups excluding carboxylic acids is 2. The summed E-state index contributed by atoms with van der Waals surface area (Å²) in [6.07, 6.45) is 3.18. The minimum atomic E-state index is -0.382. The molecule has 0 radical (unpaired) electrons. The van der Waals surface area contributed by atoms with E-state index in [-0.39, 0.29) is 17.9 Å². The largest absolute Gasteiger partial charge is 0.462 e. The van der Waals surface area contributed by atoms with E-state index in [1.165, 1.54) is 6.20 Å². The molecule has 1 heterocycles. The number of hydrogen-bond acceptors (Lipinski definition) is 5. The van der Waals surface area contributed by atoms with Gasteiger partial charge in [-0.1, -0.05) is 0 Å². The van der Waals surface area contributed by atoms with Gasteiger partial charge in [-0.25, -0.2) is 4.79 Å². The molecule has 2 rings (SSSR count). The molecule has 0 fully saturated rings. The summed E-state index contributed by atoms with van der Waals surface area (Å²) in [5, 5.41) is 5.98. The molecule has 6 heteroatoms. The number of anilines is 2. The molecule has 6 nitrogen and oxygen atoms in total. The zero-order valence-electron chi connectivity index (χ0n) is 14.0. The van der Waals surface area contributed by atoms with Gasteiger partial charge in [-0.05, 0) is 51.1 Å². The average Bonchev–Trinajstić information content (AvgIpc) is 2.55. The predicted octanol–water partition coefficient (Wildman–Crippen LogP) is 3.33. The van der Waals surface area contributed by atoms with Crippen molar-refractivity contribution in [2.75, 3.05) is 17.2 Å². The fourth-order valence-electron chi connectivity index (χ4n) is 2.08. The molecule has 0 aliphatic heterocycles. The molecular weight excluding hydrogens is 306 g/mol. The summed E-state index contributed by atoms with van der Waals surface area (Å²) < 4.78 is 4.92. The lowest BCUT2D eigenvalue weighted by Crippen LogP contribution is -2.14. The molecule has 0 bridgehead atoms. The number of esters is 1. The predicted molar refractivity (Wildman–Crippen MR) is 93.3 cm³/mol. The number of nitrogens with zero attached hydrogens (tertiary/aromatic N) is 1. The molecule has 0 aliphatic carbocycles. The summed E-state index contributed by atoms with van der Waals surface area (Å²) in [6, 6.07) is 8.54. The van der Waals surface area contributed by atoms with Crippen LogP contribution in [-0.4, -0.2) is 29.5 Å². The average molecular weight is 327 g/mol. The number of ether oxygens (including phenoxy) is 1. The van der Waals surface area contributed by atoms with E-state index in [2.05, 4.69) is 15.6 Å². The van der Waals surface area contributed by atoms with E-state index < -0.39 is 0 Å². The summed E-state index contributed by atoms with van der Waals surface area (Å²) in [6.45, 7) is 6.10. The van der Waals surface area contributed by atoms with Gasteiger partial charge in [-0.15, -0.1) is 0 Å². The van der Waals surface area contributed by atoms with Crippen LogP contribution in [0.5, 0.6) is 0 Å². The molecule has 1 aromatic heterocycles. The Bertz CT molecular complexity index is 712. The maximum Gasteiger partial charge on any atom is 0.338 e. The maximum atomic E-state index is 12.3. The number of benzene rings is 1. The highest BCUT2D eigenvalue weighted by Crippen LogP contribution is 2.14. The number of carbonyl (C=O) groups is 2. The molecule has 0 saturated carbocycles. The molecule has 0 unspecified atom stereocenters. The van der Waals surface area contributed by atoms with Gasteiger partial charge in [0, 0.05) is 24.1 Å². The van der Waals surface area contributed by atoms with Gasteiger partial charge in [0.1, 0.15) is 0 Å². The lowest BCUT2D eigenvalue weighted by molar-refractivity contribution is 0.0526. The molecule has 2 aromatic rings. The Balaban J connectivity index is 2.05. The van der Waals surface area contributed by atoms with Gasteiger partial charge in [0.25, 0.3) is 5.91 Å². The van der Waals surface area contributed by atoms with Crippen molar-refractivity contribution >= 4 is 23.3 Å². The minimum absolute atomic E-state index is 0.250. The Morgan fingerprint density at radius 1 is 1.08 bits per heavy atom. The molecule has 24 heavy (non-hydrogen) atoms. The van der Waals surface area contributed by atoms with E-state index >= 15 is 0 Å². The summed E-state index contributed by atoms with van der Waals surface area (Å²) >= 11 is 0. The van der Waals surface area contributed by atoms with Crippen LogP contribution in [0, 0.1) is 0 Å². The highest BCUT2D eigenvalue weighted by molar-refractivity contribution is 6.04. The van der Waals surface area contributed by atoms with Gasteiger partial charge in [0.05, 0.1) is 23.4 Å². The molecule has 126 valence electrons. The summed E-state index contributed by atoms with van der Waals surface area (Å²) in [5.41, 5.74) is 2.28. The zero-order valence-corrected chi connectivity index (χ0v) is 14.0. The van der Waals surface area contributed by atoms with Crippen LogP contribution >= 0.6 is 0 Å². The van der Waals surface area contributed by atoms with Gasteiger partial charge in [0.2, 0.25) is 0 Å². The van der Waals surface area contributed by atoms with Crippen LogP contribution in [0.25, 0.3) is 0 Å². The Morgan fingerprint density at radius 2 is 1.79 bits per heavy atom.